The number of likely N-dealkylation sites (tertiary alicyclic amines) is 1. The minimum atomic E-state index is -2.46. The fourth-order valence-electron chi connectivity index (χ4n) is 13.2. The number of nitrogens with one attached hydrogen (secondary N) is 9. The van der Waals surface area contributed by atoms with Crippen LogP contribution in [0.4, 0.5) is 0 Å². The Morgan fingerprint density at radius 3 is 2.14 bits per heavy atom. The number of unbranched alkanes of at least 4 members (excludes halogenated alkanes) is 2. The summed E-state index contributed by atoms with van der Waals surface area (Å²) in [5.74, 6) is -11.9. The van der Waals surface area contributed by atoms with Crippen LogP contribution in [0.1, 0.15) is 115 Å². The van der Waals surface area contributed by atoms with Gasteiger partial charge in [-0.3, -0.25) is 71.4 Å². The van der Waals surface area contributed by atoms with E-state index in [1.165, 1.54) is 31.1 Å². The van der Waals surface area contributed by atoms with Crippen LogP contribution >= 0.6 is 11.8 Å². The molecule has 3 fully saturated rings. The van der Waals surface area contributed by atoms with Crippen LogP contribution in [0.5, 0.6) is 5.75 Å². The third kappa shape index (κ3) is 19.2. The van der Waals surface area contributed by atoms with Crippen molar-refractivity contribution in [2.45, 2.75) is 175 Å². The largest absolute Gasteiger partial charge is 0.496 e. The van der Waals surface area contributed by atoms with Crippen LogP contribution in [0.2, 0.25) is 0 Å². The van der Waals surface area contributed by atoms with E-state index in [4.69, 9.17) is 10.5 Å². The summed E-state index contributed by atoms with van der Waals surface area (Å²) in [6, 6.07) is -6.95. The number of piperidine rings is 1. The number of aromatic amines is 1. The topological polar surface area (TPSA) is 457 Å². The molecule has 1 aromatic carbocycles. The zero-order valence-electron chi connectivity index (χ0n) is 55.0. The van der Waals surface area contributed by atoms with Gasteiger partial charge in [0.1, 0.15) is 47.0 Å². The standard InChI is InChI=1S/C64H91N13O18S2/c1-5-33(2)54-61(91)68-26-49(82)69-44-32-97(94)63-40(24-42(58(88)67-27-50(83)72-54)70-62(92)55(34(3)46(80)30-78)73-60(90)45-23-37(79)29-76(45)64(93)43(25-48(65)81)71-59(44)89)39-14-15-47(95-4)41(56(39)74-63)31-96-38-18-21-75(22-19-38)51(84)9-7-6-8-20-66-57(87)36-12-10-35(11-13-36)28-77-52(85)16-17-53(77)86/h14-17,33-38,42-46,54-55,74,78-80H,5-13,18-32H2,1-4H3,(H2,65,81)(H,66,87)(H,67,88)(H,68,91)(H,69,82)(H,70,92)(H,71,89)(H,72,83)(H,73,90)/t33-,34-,35?,36?,37+,42-,43-,44-,45-,46-,54-,55-,97?/m0/s1. The van der Waals surface area contributed by atoms with Crippen LogP contribution in [0, 0.1) is 23.7 Å². The molecule has 13 amide bonds. The summed E-state index contributed by atoms with van der Waals surface area (Å²) < 4.78 is 21.4. The van der Waals surface area contributed by atoms with E-state index in [1.54, 1.807) is 37.7 Å². The molecule has 14 N–H and O–H groups in total. The van der Waals surface area contributed by atoms with Gasteiger partial charge < -0.3 is 83.1 Å². The number of methoxy groups -OCH3 is 1. The molecule has 97 heavy (non-hydrogen) atoms. The minimum Gasteiger partial charge on any atom is -0.496 e. The highest BCUT2D eigenvalue weighted by atomic mass is 32.2. The summed E-state index contributed by atoms with van der Waals surface area (Å²) >= 11 is 1.57. The first-order valence-corrected chi connectivity index (χ1v) is 35.6. The number of thioether (sulfide) groups is 1. The Kier molecular flexibility index (Phi) is 26.6. The summed E-state index contributed by atoms with van der Waals surface area (Å²) in [4.78, 5) is 185. The summed E-state index contributed by atoms with van der Waals surface area (Å²) in [5, 5.41) is 52.9. The number of amides is 13. The molecule has 0 radical (unpaired) electrons. The number of rotatable bonds is 20. The SMILES string of the molecule is CC[C@H](C)[C@@H]1NC(=O)CNC(=O)[C@@H]2Cc3c([nH]c4c(CSC5CCN(C(=O)CCCCCNC(=O)C6CCC(CN7C(=O)C=CC7=O)CC6)CC5)c(OC)ccc34)S(=O)C[C@H](NC(=O)CNC1=O)C(=O)N[C@@H](CC(N)=O)C(=O)N1C[C@H](O)C[C@H]1C(=O)N[C@@H]([C@@H](C)[C@@H](O)CO)C(=O)N2. The van der Waals surface area contributed by atoms with Crippen molar-refractivity contribution in [3.8, 4) is 5.75 Å². The average molecular weight is 1390 g/mol. The lowest BCUT2D eigenvalue weighted by molar-refractivity contribution is -0.144. The predicted molar refractivity (Wildman–Crippen MR) is 351 cm³/mol. The highest BCUT2D eigenvalue weighted by Gasteiger charge is 2.46. The number of ether oxygens (including phenoxy) is 1. The van der Waals surface area contributed by atoms with Crippen LogP contribution in [-0.2, 0) is 85.3 Å². The van der Waals surface area contributed by atoms with Gasteiger partial charge in [-0.25, -0.2) is 0 Å². The fourth-order valence-corrected chi connectivity index (χ4v) is 15.8. The number of fused-ring (bicyclic) bond motifs is 5. The van der Waals surface area contributed by atoms with Crippen LogP contribution < -0.4 is 53.0 Å². The van der Waals surface area contributed by atoms with Crippen molar-refractivity contribution < 1.29 is 86.6 Å². The molecule has 1 aliphatic carbocycles. The molecule has 1 saturated carbocycles. The van der Waals surface area contributed by atoms with Gasteiger partial charge in [0.15, 0.2) is 0 Å². The maximum Gasteiger partial charge on any atom is 0.253 e. The van der Waals surface area contributed by atoms with Crippen molar-refractivity contribution >= 4 is 110 Å². The Bertz CT molecular complexity index is 3350. The van der Waals surface area contributed by atoms with Gasteiger partial charge in [-0.1, -0.05) is 33.6 Å². The van der Waals surface area contributed by atoms with E-state index in [0.29, 0.717) is 99.8 Å². The number of hydrogen-bond donors (Lipinski definition) is 13. The molecule has 31 nitrogen and oxygen atoms in total. The van der Waals surface area contributed by atoms with E-state index in [0.717, 1.165) is 24.2 Å². The van der Waals surface area contributed by atoms with E-state index in [-0.39, 0.29) is 57.1 Å². The van der Waals surface area contributed by atoms with Crippen LogP contribution in [-0.4, -0.2) is 235 Å². The summed E-state index contributed by atoms with van der Waals surface area (Å²) in [5.41, 5.74) is 6.63. The van der Waals surface area contributed by atoms with Gasteiger partial charge in [-0.2, -0.15) is 11.8 Å². The van der Waals surface area contributed by atoms with Gasteiger partial charge in [0.05, 0.1) is 67.5 Å². The molecule has 6 aliphatic rings. The highest BCUT2D eigenvalue weighted by molar-refractivity contribution is 7.99. The van der Waals surface area contributed by atoms with Crippen LogP contribution in [0.3, 0.4) is 0 Å². The predicted octanol–water partition coefficient (Wildman–Crippen LogP) is -2.99. The van der Waals surface area contributed by atoms with E-state index in [9.17, 15) is 77.6 Å². The second-order valence-electron chi connectivity index (χ2n) is 25.9. The number of primary amides is 1. The third-order valence-corrected chi connectivity index (χ3v) is 22.0. The van der Waals surface area contributed by atoms with E-state index >= 15 is 4.21 Å². The number of carbonyl (C=O) groups is 13. The molecule has 8 rings (SSSR count). The van der Waals surface area contributed by atoms with E-state index in [2.05, 4.69) is 47.5 Å². The molecule has 0 spiro atoms. The Morgan fingerprint density at radius 1 is 0.804 bits per heavy atom. The maximum atomic E-state index is 15.5. The van der Waals surface area contributed by atoms with Gasteiger partial charge in [-0.05, 0) is 80.9 Å². The molecule has 1 aromatic heterocycles. The number of imide groups is 1. The second kappa shape index (κ2) is 34.5. The Hall–Kier alpha value is -8.01. The molecule has 11 atom stereocenters. The number of nitrogens with zero attached hydrogens (tertiary/aromatic N) is 3. The van der Waals surface area contributed by atoms with Crippen molar-refractivity contribution in [2.24, 2.45) is 29.4 Å². The first-order valence-electron chi connectivity index (χ1n) is 33.2. The quantitative estimate of drug-likeness (QED) is 0.0465. The first-order chi connectivity index (χ1) is 46.3. The van der Waals surface area contributed by atoms with Crippen molar-refractivity contribution in [3.05, 3.63) is 35.4 Å². The van der Waals surface area contributed by atoms with E-state index in [1.807, 2.05) is 4.90 Å². The summed E-state index contributed by atoms with van der Waals surface area (Å²) in [6.07, 6.45) is 4.51. The molecule has 6 heterocycles. The molecule has 2 saturated heterocycles. The molecular weight excluding hydrogens is 1300 g/mol. The minimum absolute atomic E-state index is 0.00967. The first kappa shape index (κ1) is 74.8. The normalized spacial score (nSPS) is 27.1. The number of benzene rings is 1. The average Bonchev–Trinajstić information content (AvgIpc) is 1.62. The number of aromatic nitrogens is 1. The number of carbonyl (C=O) groups excluding carboxylic acids is 13. The van der Waals surface area contributed by atoms with E-state index < -0.39 is 176 Å². The van der Waals surface area contributed by atoms with Gasteiger partial charge in [-0.15, -0.1) is 0 Å². The van der Waals surface area contributed by atoms with Crippen molar-refractivity contribution in [3.63, 3.8) is 0 Å². The fraction of sp³-hybridized carbons (Fsp3) is 0.641. The number of nitrogens with two attached hydrogens (primary N) is 1. The molecule has 2 aromatic rings. The molecule has 532 valence electrons. The highest BCUT2D eigenvalue weighted by Crippen LogP contribution is 2.39. The molecule has 33 heteroatoms. The Balaban J connectivity index is 1.04. The number of aliphatic hydroxyl groups excluding tert-OH is 3. The van der Waals surface area contributed by atoms with Gasteiger partial charge in [0.25, 0.3) is 11.8 Å². The van der Waals surface area contributed by atoms with Crippen molar-refractivity contribution in [2.75, 3.05) is 65.3 Å². The Morgan fingerprint density at radius 2 is 1.48 bits per heavy atom. The summed E-state index contributed by atoms with van der Waals surface area (Å²) in [6.45, 7) is 3.51. The maximum absolute atomic E-state index is 15.5. The molecule has 5 aliphatic heterocycles. The number of aliphatic hydroxyl groups is 3. The second-order valence-corrected chi connectivity index (χ2v) is 28.6. The summed E-state index contributed by atoms with van der Waals surface area (Å²) in [7, 11) is -1.01. The molecular formula is C64H91N13O18S2. The lowest BCUT2D eigenvalue weighted by Gasteiger charge is -2.32. The van der Waals surface area contributed by atoms with Gasteiger partial charge >= 0.3 is 0 Å². The molecule has 2 bridgehead atoms. The van der Waals surface area contributed by atoms with Gasteiger partial charge in [0, 0.05) is 97.9 Å². The number of H-pyrrole nitrogens is 1. The smallest absolute Gasteiger partial charge is 0.253 e. The van der Waals surface area contributed by atoms with Crippen LogP contribution in [0.25, 0.3) is 10.9 Å². The number of hydrogen-bond acceptors (Lipinski definition) is 19. The third-order valence-electron chi connectivity index (χ3n) is 19.2. The van der Waals surface area contributed by atoms with Gasteiger partial charge in [0.2, 0.25) is 65.0 Å². The van der Waals surface area contributed by atoms with Crippen LogP contribution in [0.15, 0.2) is 29.3 Å². The lowest BCUT2D eigenvalue weighted by atomic mass is 9.81. The van der Waals surface area contributed by atoms with Crippen molar-refractivity contribution in [1.82, 2.24) is 62.2 Å². The zero-order valence-corrected chi connectivity index (χ0v) is 56.6. The lowest BCUT2D eigenvalue weighted by Crippen LogP contribution is -2.62. The van der Waals surface area contributed by atoms with Crippen molar-refractivity contribution in [1.29, 1.82) is 0 Å². The zero-order chi connectivity index (χ0) is 70.4. The molecule has 1 unspecified atom stereocenters. The Labute approximate surface area is 567 Å². The monoisotopic (exact) mass is 1390 g/mol.